The van der Waals surface area contributed by atoms with Gasteiger partial charge in [0.15, 0.2) is 0 Å². The summed E-state index contributed by atoms with van der Waals surface area (Å²) in [6.45, 7) is 7.43. The maximum absolute atomic E-state index is 13.3. The Kier molecular flexibility index (Phi) is 13.6. The van der Waals surface area contributed by atoms with Crippen molar-refractivity contribution in [1.82, 2.24) is 16.0 Å². The molecule has 9 N–H and O–H groups in total. The quantitative estimate of drug-likeness (QED) is 0.154. The molecule has 3 amide bonds. The number of amides is 3. The molecular formula is C26H43N5O6. The van der Waals surface area contributed by atoms with E-state index < -0.39 is 47.9 Å². The van der Waals surface area contributed by atoms with Crippen LogP contribution in [-0.4, -0.2) is 64.6 Å². The van der Waals surface area contributed by atoms with Gasteiger partial charge < -0.3 is 37.6 Å². The molecule has 0 saturated carbocycles. The van der Waals surface area contributed by atoms with Crippen LogP contribution in [0.4, 0.5) is 0 Å². The highest BCUT2D eigenvalue weighted by Crippen LogP contribution is 2.13. The average molecular weight is 522 g/mol. The van der Waals surface area contributed by atoms with Crippen molar-refractivity contribution in [3.63, 3.8) is 0 Å². The van der Waals surface area contributed by atoms with Crippen molar-refractivity contribution >= 4 is 23.7 Å². The number of phenols is 1. The fourth-order valence-corrected chi connectivity index (χ4v) is 3.73. The topological polar surface area (TPSA) is 197 Å². The molecule has 5 unspecified atom stereocenters. The lowest BCUT2D eigenvalue weighted by atomic mass is 9.96. The number of nitrogens with two attached hydrogens (primary N) is 2. The smallest absolute Gasteiger partial charge is 0.326 e. The molecule has 5 atom stereocenters. The van der Waals surface area contributed by atoms with Gasteiger partial charge in [-0.25, -0.2) is 4.79 Å². The van der Waals surface area contributed by atoms with E-state index in [9.17, 15) is 29.4 Å². The minimum absolute atomic E-state index is 0.0985. The zero-order valence-electron chi connectivity index (χ0n) is 22.2. The van der Waals surface area contributed by atoms with Crippen molar-refractivity contribution in [3.05, 3.63) is 29.8 Å². The number of aromatic hydroxyl groups is 1. The highest BCUT2D eigenvalue weighted by molar-refractivity contribution is 5.94. The molecule has 11 heteroatoms. The molecule has 1 aromatic carbocycles. The summed E-state index contributed by atoms with van der Waals surface area (Å²) in [5.74, 6) is -3.39. The molecular weight excluding hydrogens is 478 g/mol. The number of hydrogen-bond acceptors (Lipinski definition) is 7. The molecule has 0 aliphatic heterocycles. The van der Waals surface area contributed by atoms with Crippen molar-refractivity contribution in [1.29, 1.82) is 0 Å². The van der Waals surface area contributed by atoms with Crippen molar-refractivity contribution in [2.45, 2.75) is 84.0 Å². The number of rotatable bonds is 16. The van der Waals surface area contributed by atoms with E-state index in [2.05, 4.69) is 16.0 Å². The van der Waals surface area contributed by atoms with E-state index in [0.29, 0.717) is 32.2 Å². The Morgan fingerprint density at radius 3 is 2.00 bits per heavy atom. The molecule has 0 saturated heterocycles. The predicted octanol–water partition coefficient (Wildman–Crippen LogP) is 0.632. The molecule has 0 fully saturated rings. The summed E-state index contributed by atoms with van der Waals surface area (Å²) in [6, 6.07) is 2.33. The van der Waals surface area contributed by atoms with Crippen LogP contribution < -0.4 is 27.4 Å². The van der Waals surface area contributed by atoms with Crippen LogP contribution in [0.3, 0.4) is 0 Å². The zero-order chi connectivity index (χ0) is 28.1. The molecule has 0 spiro atoms. The Hall–Kier alpha value is -3.18. The molecule has 0 aromatic heterocycles. The van der Waals surface area contributed by atoms with Gasteiger partial charge in [0.05, 0.1) is 6.04 Å². The van der Waals surface area contributed by atoms with Gasteiger partial charge in [0.25, 0.3) is 0 Å². The van der Waals surface area contributed by atoms with Crippen molar-refractivity contribution < 1.29 is 29.4 Å². The van der Waals surface area contributed by atoms with E-state index in [1.807, 2.05) is 6.92 Å². The van der Waals surface area contributed by atoms with Crippen molar-refractivity contribution in [2.24, 2.45) is 23.3 Å². The third-order valence-electron chi connectivity index (χ3n) is 6.33. The number of aliphatic carboxylic acids is 1. The van der Waals surface area contributed by atoms with Crippen LogP contribution in [0.25, 0.3) is 0 Å². The third kappa shape index (κ3) is 10.8. The van der Waals surface area contributed by atoms with Gasteiger partial charge in [0.1, 0.15) is 23.9 Å². The summed E-state index contributed by atoms with van der Waals surface area (Å²) in [4.78, 5) is 50.7. The van der Waals surface area contributed by atoms with Gasteiger partial charge in [-0.1, -0.05) is 46.2 Å². The highest BCUT2D eigenvalue weighted by Gasteiger charge is 2.33. The highest BCUT2D eigenvalue weighted by atomic mass is 16.4. The van der Waals surface area contributed by atoms with E-state index in [-0.39, 0.29) is 24.0 Å². The first-order valence-corrected chi connectivity index (χ1v) is 12.8. The standard InChI is InChI=1S/C26H43N5O6/c1-5-16(4)22(25(35)30-21(15(2)3)26(36)37)31-24(34)20(8-6-7-13-27)29-23(33)19(28)14-17-9-11-18(32)12-10-17/h9-12,15-16,19-22,32H,5-8,13-14,27-28H2,1-4H3,(H,29,33)(H,30,35)(H,31,34)(H,36,37). The summed E-state index contributed by atoms with van der Waals surface area (Å²) in [6.07, 6.45) is 2.26. The lowest BCUT2D eigenvalue weighted by Gasteiger charge is -2.29. The van der Waals surface area contributed by atoms with Crippen molar-refractivity contribution in [2.75, 3.05) is 6.54 Å². The Labute approximate surface area is 218 Å². The van der Waals surface area contributed by atoms with E-state index in [1.54, 1.807) is 32.9 Å². The lowest BCUT2D eigenvalue weighted by Crippen LogP contribution is -2.59. The zero-order valence-corrected chi connectivity index (χ0v) is 22.2. The van der Waals surface area contributed by atoms with E-state index in [4.69, 9.17) is 11.5 Å². The number of nitrogens with one attached hydrogen (secondary N) is 3. The Bertz CT molecular complexity index is 892. The van der Waals surface area contributed by atoms with E-state index >= 15 is 0 Å². The maximum Gasteiger partial charge on any atom is 0.326 e. The number of hydrogen-bond donors (Lipinski definition) is 7. The molecule has 37 heavy (non-hydrogen) atoms. The molecule has 0 aliphatic carbocycles. The number of carboxylic acid groups (broad SMARTS) is 1. The molecule has 0 aliphatic rings. The van der Waals surface area contributed by atoms with E-state index in [1.165, 1.54) is 12.1 Å². The monoisotopic (exact) mass is 521 g/mol. The van der Waals surface area contributed by atoms with Crippen LogP contribution in [0.2, 0.25) is 0 Å². The van der Waals surface area contributed by atoms with Gasteiger partial charge in [-0.05, 0) is 61.8 Å². The molecule has 0 bridgehead atoms. The lowest BCUT2D eigenvalue weighted by molar-refractivity contribution is -0.144. The van der Waals surface area contributed by atoms with Crippen LogP contribution in [0.1, 0.15) is 58.9 Å². The van der Waals surface area contributed by atoms with Crippen LogP contribution in [0, 0.1) is 11.8 Å². The Balaban J connectivity index is 3.00. The number of carbonyl (C=O) groups is 4. The molecule has 208 valence electrons. The van der Waals surface area contributed by atoms with Crippen LogP contribution in [-0.2, 0) is 25.6 Å². The first kappa shape index (κ1) is 31.8. The van der Waals surface area contributed by atoms with Gasteiger partial charge in [0, 0.05) is 0 Å². The number of carboxylic acids is 1. The first-order chi connectivity index (χ1) is 17.4. The largest absolute Gasteiger partial charge is 0.508 e. The molecule has 0 radical (unpaired) electrons. The Morgan fingerprint density at radius 2 is 1.49 bits per heavy atom. The number of phenolic OH excluding ortho intramolecular Hbond substituents is 1. The van der Waals surface area contributed by atoms with Crippen LogP contribution >= 0.6 is 0 Å². The summed E-state index contributed by atoms with van der Waals surface area (Å²) in [7, 11) is 0. The number of unbranched alkanes of at least 4 members (excludes halogenated alkanes) is 1. The number of carbonyl (C=O) groups excluding carboxylic acids is 3. The van der Waals surface area contributed by atoms with Crippen LogP contribution in [0.5, 0.6) is 5.75 Å². The summed E-state index contributed by atoms with van der Waals surface area (Å²) >= 11 is 0. The molecule has 11 nitrogen and oxygen atoms in total. The van der Waals surface area contributed by atoms with Gasteiger partial charge in [-0.3, -0.25) is 14.4 Å². The second-order valence-electron chi connectivity index (χ2n) is 9.76. The molecule has 1 rings (SSSR count). The maximum atomic E-state index is 13.3. The van der Waals surface area contributed by atoms with Gasteiger partial charge in [-0.2, -0.15) is 0 Å². The first-order valence-electron chi connectivity index (χ1n) is 12.8. The second-order valence-corrected chi connectivity index (χ2v) is 9.76. The minimum Gasteiger partial charge on any atom is -0.508 e. The molecule has 0 heterocycles. The normalized spacial score (nSPS) is 15.2. The molecule has 1 aromatic rings. The predicted molar refractivity (Wildman–Crippen MR) is 140 cm³/mol. The Morgan fingerprint density at radius 1 is 0.892 bits per heavy atom. The fourth-order valence-electron chi connectivity index (χ4n) is 3.73. The van der Waals surface area contributed by atoms with Gasteiger partial charge >= 0.3 is 5.97 Å². The number of benzene rings is 1. The fraction of sp³-hybridized carbons (Fsp3) is 0.615. The summed E-state index contributed by atoms with van der Waals surface area (Å²) in [5.41, 5.74) is 12.4. The summed E-state index contributed by atoms with van der Waals surface area (Å²) < 4.78 is 0. The van der Waals surface area contributed by atoms with Crippen LogP contribution in [0.15, 0.2) is 24.3 Å². The average Bonchev–Trinajstić information content (AvgIpc) is 2.85. The summed E-state index contributed by atoms with van der Waals surface area (Å²) in [5, 5.41) is 26.8. The SMILES string of the molecule is CCC(C)C(NC(=O)C(CCCCN)NC(=O)C(N)Cc1ccc(O)cc1)C(=O)NC(C(=O)O)C(C)C. The second kappa shape index (κ2) is 15.8. The third-order valence-corrected chi connectivity index (χ3v) is 6.33. The van der Waals surface area contributed by atoms with E-state index in [0.717, 1.165) is 5.56 Å². The van der Waals surface area contributed by atoms with Gasteiger partial charge in [-0.15, -0.1) is 0 Å². The minimum atomic E-state index is -1.16. The van der Waals surface area contributed by atoms with Gasteiger partial charge in [0.2, 0.25) is 17.7 Å². The van der Waals surface area contributed by atoms with Crippen molar-refractivity contribution in [3.8, 4) is 5.75 Å².